The Hall–Kier alpha value is 0.1000. The third-order valence-electron chi connectivity index (χ3n) is 3.43. The molecule has 1 atom stereocenters. The SMILES string of the molecule is CCCCCCCC/C=C/C1CC(=O)N(SC(Cl)(Cl)Cl)C1=O. The molecule has 0 bridgehead atoms. The summed E-state index contributed by atoms with van der Waals surface area (Å²) in [6.45, 7) is 2.20. The van der Waals surface area contributed by atoms with E-state index in [1.165, 1.54) is 32.1 Å². The zero-order valence-corrected chi connectivity index (χ0v) is 15.8. The van der Waals surface area contributed by atoms with Crippen molar-refractivity contribution in [3.05, 3.63) is 12.2 Å². The Morgan fingerprint density at radius 1 is 1.18 bits per heavy atom. The van der Waals surface area contributed by atoms with E-state index in [2.05, 4.69) is 6.92 Å². The summed E-state index contributed by atoms with van der Waals surface area (Å²) in [5.41, 5.74) is 0. The summed E-state index contributed by atoms with van der Waals surface area (Å²) in [6.07, 6.45) is 12.3. The highest BCUT2D eigenvalue weighted by Crippen LogP contribution is 2.43. The van der Waals surface area contributed by atoms with Crippen LogP contribution in [0.4, 0.5) is 0 Å². The second kappa shape index (κ2) is 10.1. The van der Waals surface area contributed by atoms with E-state index in [0.717, 1.165) is 17.1 Å². The molecule has 0 aliphatic carbocycles. The number of amides is 2. The lowest BCUT2D eigenvalue weighted by atomic mass is 10.1. The van der Waals surface area contributed by atoms with E-state index < -0.39 is 9.04 Å². The van der Waals surface area contributed by atoms with Gasteiger partial charge in [0, 0.05) is 18.4 Å². The van der Waals surface area contributed by atoms with Gasteiger partial charge in [-0.15, -0.1) is 0 Å². The molecule has 0 aromatic rings. The van der Waals surface area contributed by atoms with E-state index >= 15 is 0 Å². The first kappa shape index (κ1) is 20.1. The van der Waals surface area contributed by atoms with Crippen molar-refractivity contribution in [3.63, 3.8) is 0 Å². The van der Waals surface area contributed by atoms with Crippen LogP contribution in [-0.4, -0.2) is 19.2 Å². The third kappa shape index (κ3) is 7.58. The first-order valence-corrected chi connectivity index (χ1v) is 9.55. The van der Waals surface area contributed by atoms with Crippen molar-refractivity contribution in [2.24, 2.45) is 5.92 Å². The number of allylic oxidation sites excluding steroid dienone is 1. The second-order valence-electron chi connectivity index (χ2n) is 5.36. The van der Waals surface area contributed by atoms with Crippen LogP contribution in [0, 0.1) is 5.92 Å². The Labute approximate surface area is 151 Å². The standard InChI is InChI=1S/C15H22Cl3NO2S/c1-2-3-4-5-6-7-8-9-10-12-11-13(20)19(14(12)21)22-15(16,17)18/h9-10,12H,2-8,11H2,1H3/b10-9+. The third-order valence-corrected chi connectivity index (χ3v) is 4.82. The molecule has 1 aliphatic rings. The zero-order chi connectivity index (χ0) is 16.6. The highest BCUT2D eigenvalue weighted by Gasteiger charge is 2.41. The molecule has 0 radical (unpaired) electrons. The van der Waals surface area contributed by atoms with Gasteiger partial charge in [0.1, 0.15) is 0 Å². The molecule has 126 valence electrons. The largest absolute Gasteiger partial charge is 0.273 e. The van der Waals surface area contributed by atoms with Gasteiger partial charge in [-0.25, -0.2) is 4.31 Å². The average Bonchev–Trinajstić information content (AvgIpc) is 2.68. The molecule has 1 heterocycles. The minimum Gasteiger partial charge on any atom is -0.273 e. The first-order valence-electron chi connectivity index (χ1n) is 7.64. The molecule has 1 unspecified atom stereocenters. The molecule has 0 aromatic heterocycles. The second-order valence-corrected chi connectivity index (χ2v) is 9.47. The van der Waals surface area contributed by atoms with Crippen molar-refractivity contribution in [3.8, 4) is 0 Å². The van der Waals surface area contributed by atoms with Crippen molar-refractivity contribution in [2.75, 3.05) is 0 Å². The van der Waals surface area contributed by atoms with Gasteiger partial charge >= 0.3 is 0 Å². The maximum absolute atomic E-state index is 12.1. The van der Waals surface area contributed by atoms with Crippen molar-refractivity contribution in [1.29, 1.82) is 0 Å². The Balaban J connectivity index is 2.30. The van der Waals surface area contributed by atoms with E-state index in [9.17, 15) is 9.59 Å². The van der Waals surface area contributed by atoms with E-state index in [1.807, 2.05) is 12.2 Å². The van der Waals surface area contributed by atoms with E-state index in [4.69, 9.17) is 34.8 Å². The summed E-state index contributed by atoms with van der Waals surface area (Å²) >= 11 is 17.5. The van der Waals surface area contributed by atoms with Crippen LogP contribution in [0.3, 0.4) is 0 Å². The molecule has 7 heteroatoms. The van der Waals surface area contributed by atoms with Crippen molar-refractivity contribution in [2.45, 2.75) is 61.4 Å². The number of alkyl halides is 3. The number of carbonyl (C=O) groups is 2. The molecular weight excluding hydrogens is 365 g/mol. The molecule has 0 saturated carbocycles. The summed E-state index contributed by atoms with van der Waals surface area (Å²) in [5.74, 6) is -1.04. The van der Waals surface area contributed by atoms with Crippen LogP contribution < -0.4 is 0 Å². The highest BCUT2D eigenvalue weighted by molar-refractivity contribution is 8.03. The van der Waals surface area contributed by atoms with Gasteiger partial charge in [-0.05, 0) is 12.8 Å². The monoisotopic (exact) mass is 385 g/mol. The molecular formula is C15H22Cl3NO2S. The average molecular weight is 387 g/mol. The normalized spacial score (nSPS) is 19.6. The Kier molecular flexibility index (Phi) is 9.22. The van der Waals surface area contributed by atoms with Crippen LogP contribution in [0.2, 0.25) is 0 Å². The van der Waals surface area contributed by atoms with Gasteiger partial charge in [0.2, 0.25) is 11.8 Å². The van der Waals surface area contributed by atoms with Gasteiger partial charge in [-0.2, -0.15) is 0 Å². The molecule has 1 rings (SSSR count). The molecule has 1 saturated heterocycles. The van der Waals surface area contributed by atoms with Crippen molar-refractivity contribution >= 4 is 58.6 Å². The number of nitrogens with zero attached hydrogens (tertiary/aromatic N) is 1. The van der Waals surface area contributed by atoms with Crippen LogP contribution in [-0.2, 0) is 9.59 Å². The van der Waals surface area contributed by atoms with Gasteiger partial charge < -0.3 is 0 Å². The minimum atomic E-state index is -1.71. The summed E-state index contributed by atoms with van der Waals surface area (Å²) in [4.78, 5) is 23.9. The summed E-state index contributed by atoms with van der Waals surface area (Å²) in [6, 6.07) is 0. The summed E-state index contributed by atoms with van der Waals surface area (Å²) < 4.78 is -0.741. The van der Waals surface area contributed by atoms with Crippen molar-refractivity contribution in [1.82, 2.24) is 4.31 Å². The molecule has 0 spiro atoms. The molecule has 0 N–H and O–H groups in total. The molecule has 1 fully saturated rings. The summed E-state index contributed by atoms with van der Waals surface area (Å²) in [5, 5.41) is 0. The van der Waals surface area contributed by atoms with Crippen molar-refractivity contribution < 1.29 is 9.59 Å². The van der Waals surface area contributed by atoms with Gasteiger partial charge in [-0.3, -0.25) is 9.59 Å². The number of hydrogen-bond acceptors (Lipinski definition) is 3. The van der Waals surface area contributed by atoms with Gasteiger partial charge in [0.25, 0.3) is 3.12 Å². The van der Waals surface area contributed by atoms with Crippen LogP contribution in [0.1, 0.15) is 58.3 Å². The fourth-order valence-electron chi connectivity index (χ4n) is 2.28. The fourth-order valence-corrected chi connectivity index (χ4v) is 3.51. The van der Waals surface area contributed by atoms with Gasteiger partial charge in [-0.1, -0.05) is 86.0 Å². The van der Waals surface area contributed by atoms with Crippen LogP contribution in [0.15, 0.2) is 12.2 Å². The molecule has 0 aromatic carbocycles. The highest BCUT2D eigenvalue weighted by atomic mass is 35.6. The lowest BCUT2D eigenvalue weighted by molar-refractivity contribution is -0.132. The van der Waals surface area contributed by atoms with Gasteiger partial charge in [0.05, 0.1) is 5.92 Å². The van der Waals surface area contributed by atoms with Crippen LogP contribution in [0.25, 0.3) is 0 Å². The maximum Gasteiger partial charge on any atom is 0.256 e. The number of rotatable bonds is 9. The quantitative estimate of drug-likeness (QED) is 0.169. The number of imide groups is 1. The van der Waals surface area contributed by atoms with Gasteiger partial charge in [0.15, 0.2) is 0 Å². The molecule has 1 aliphatic heterocycles. The minimum absolute atomic E-state index is 0.152. The number of hydrogen-bond donors (Lipinski definition) is 0. The molecule has 3 nitrogen and oxygen atoms in total. The predicted molar refractivity (Wildman–Crippen MR) is 95.0 cm³/mol. The number of carbonyl (C=O) groups excluding carboxylic acids is 2. The Morgan fingerprint density at radius 3 is 2.45 bits per heavy atom. The lowest BCUT2D eigenvalue weighted by Gasteiger charge is -2.17. The summed E-state index contributed by atoms with van der Waals surface area (Å²) in [7, 11) is 0. The van der Waals surface area contributed by atoms with E-state index in [1.54, 1.807) is 0 Å². The van der Waals surface area contributed by atoms with Crippen LogP contribution >= 0.6 is 46.8 Å². The smallest absolute Gasteiger partial charge is 0.256 e. The van der Waals surface area contributed by atoms with E-state index in [-0.39, 0.29) is 18.2 Å². The number of halogens is 3. The predicted octanol–water partition coefficient (Wildman–Crippen LogP) is 5.64. The maximum atomic E-state index is 12.1. The topological polar surface area (TPSA) is 37.4 Å². The number of unbranched alkanes of at least 4 members (excludes halogenated alkanes) is 6. The molecule has 22 heavy (non-hydrogen) atoms. The van der Waals surface area contributed by atoms with E-state index in [0.29, 0.717) is 11.9 Å². The Morgan fingerprint density at radius 2 is 1.82 bits per heavy atom. The zero-order valence-electron chi connectivity index (χ0n) is 12.7. The molecule has 2 amide bonds. The Bertz CT molecular complexity index is 410. The van der Waals surface area contributed by atoms with Crippen LogP contribution in [0.5, 0.6) is 0 Å². The lowest BCUT2D eigenvalue weighted by Crippen LogP contribution is -2.26. The fraction of sp³-hybridized carbons (Fsp3) is 0.733. The first-order chi connectivity index (χ1) is 10.3.